The largest absolute Gasteiger partial charge is 0.490 e. The maximum Gasteiger partial charge on any atom is 0.257 e. The van der Waals surface area contributed by atoms with Crippen molar-refractivity contribution < 1.29 is 18.7 Å². The van der Waals surface area contributed by atoms with E-state index in [-0.39, 0.29) is 23.5 Å². The van der Waals surface area contributed by atoms with Gasteiger partial charge in [0.05, 0.1) is 11.7 Å². The van der Waals surface area contributed by atoms with Gasteiger partial charge in [-0.15, -0.1) is 0 Å². The van der Waals surface area contributed by atoms with Gasteiger partial charge in [-0.2, -0.15) is 0 Å². The van der Waals surface area contributed by atoms with E-state index in [1.807, 2.05) is 13.8 Å². The molecular weight excluding hydrogens is 299 g/mol. The molecule has 0 aliphatic rings. The highest BCUT2D eigenvalue weighted by Gasteiger charge is 2.18. The molecule has 0 atom stereocenters. The van der Waals surface area contributed by atoms with Gasteiger partial charge in [0.1, 0.15) is 11.6 Å². The fourth-order valence-corrected chi connectivity index (χ4v) is 1.93. The number of hydrogen-bond donors (Lipinski definition) is 1. The van der Waals surface area contributed by atoms with Crippen LogP contribution in [0.25, 0.3) is 0 Å². The molecule has 0 aliphatic heterocycles. The van der Waals surface area contributed by atoms with Crippen molar-refractivity contribution in [1.82, 2.24) is 10.2 Å². The van der Waals surface area contributed by atoms with Crippen LogP contribution in [0.2, 0.25) is 0 Å². The maximum absolute atomic E-state index is 13.5. The number of benzene rings is 1. The summed E-state index contributed by atoms with van der Waals surface area (Å²) in [5, 5.41) is 2.63. The number of nitrogens with zero attached hydrogens (tertiary/aromatic N) is 1. The molecule has 0 fully saturated rings. The van der Waals surface area contributed by atoms with Crippen molar-refractivity contribution >= 4 is 11.8 Å². The third-order valence-electron chi connectivity index (χ3n) is 3.04. The van der Waals surface area contributed by atoms with Crippen LogP contribution in [0.5, 0.6) is 5.75 Å². The molecule has 126 valence electrons. The predicted octanol–water partition coefficient (Wildman–Crippen LogP) is 2.38. The van der Waals surface area contributed by atoms with Gasteiger partial charge in [0.15, 0.2) is 0 Å². The highest BCUT2D eigenvalue weighted by molar-refractivity contribution is 5.96. The zero-order valence-electron chi connectivity index (χ0n) is 13.8. The molecule has 0 bridgehead atoms. The molecule has 0 aromatic heterocycles. The minimum absolute atomic E-state index is 0.119. The zero-order valence-corrected chi connectivity index (χ0v) is 13.8. The highest BCUT2D eigenvalue weighted by Crippen LogP contribution is 2.22. The van der Waals surface area contributed by atoms with Gasteiger partial charge in [0.25, 0.3) is 5.91 Å². The number of hydrogen-bond acceptors (Lipinski definition) is 3. The molecule has 0 spiro atoms. The Labute approximate surface area is 136 Å². The lowest BCUT2D eigenvalue weighted by molar-refractivity contribution is -0.116. The van der Waals surface area contributed by atoms with Crippen LogP contribution in [0.4, 0.5) is 4.39 Å². The first-order chi connectivity index (χ1) is 10.8. The van der Waals surface area contributed by atoms with Gasteiger partial charge in [0.2, 0.25) is 5.91 Å². The van der Waals surface area contributed by atoms with E-state index in [0.29, 0.717) is 25.3 Å². The second-order valence-electron chi connectivity index (χ2n) is 5.38. The standard InChI is InChI=1S/C17H23FN2O3/c1-5-16(21)19-9-6-10-20(4)17(22)14-11-13(18)7-8-15(14)23-12(2)3/h5,7-8,11-12H,1,6,9-10H2,2-4H3,(H,19,21). The Morgan fingerprint density at radius 2 is 2.13 bits per heavy atom. The Kier molecular flexibility index (Phi) is 7.25. The summed E-state index contributed by atoms with van der Waals surface area (Å²) in [4.78, 5) is 25.0. The summed E-state index contributed by atoms with van der Waals surface area (Å²) in [5.74, 6) is -0.707. The Morgan fingerprint density at radius 3 is 2.74 bits per heavy atom. The summed E-state index contributed by atoms with van der Waals surface area (Å²) in [6, 6.07) is 3.90. The fraction of sp³-hybridized carbons (Fsp3) is 0.412. The predicted molar refractivity (Wildman–Crippen MR) is 86.9 cm³/mol. The van der Waals surface area contributed by atoms with Crippen molar-refractivity contribution in [3.05, 3.63) is 42.2 Å². The van der Waals surface area contributed by atoms with E-state index >= 15 is 0 Å². The van der Waals surface area contributed by atoms with E-state index in [1.165, 1.54) is 29.2 Å². The van der Waals surface area contributed by atoms with Gasteiger partial charge in [0, 0.05) is 20.1 Å². The van der Waals surface area contributed by atoms with Crippen molar-refractivity contribution in [3.63, 3.8) is 0 Å². The summed E-state index contributed by atoms with van der Waals surface area (Å²) in [5.41, 5.74) is 0.191. The van der Waals surface area contributed by atoms with E-state index in [9.17, 15) is 14.0 Å². The summed E-state index contributed by atoms with van der Waals surface area (Å²) in [7, 11) is 1.63. The van der Waals surface area contributed by atoms with Gasteiger partial charge < -0.3 is 15.0 Å². The van der Waals surface area contributed by atoms with Gasteiger partial charge in [-0.1, -0.05) is 6.58 Å². The van der Waals surface area contributed by atoms with E-state index in [1.54, 1.807) is 7.05 Å². The number of rotatable bonds is 8. The van der Waals surface area contributed by atoms with Gasteiger partial charge in [-0.3, -0.25) is 9.59 Å². The average Bonchev–Trinajstić information content (AvgIpc) is 2.51. The van der Waals surface area contributed by atoms with Crippen LogP contribution in [-0.2, 0) is 4.79 Å². The third-order valence-corrected chi connectivity index (χ3v) is 3.04. The van der Waals surface area contributed by atoms with Gasteiger partial charge in [-0.25, -0.2) is 4.39 Å². The molecule has 23 heavy (non-hydrogen) atoms. The summed E-state index contributed by atoms with van der Waals surface area (Å²) < 4.78 is 19.0. The first kappa shape index (κ1) is 18.7. The van der Waals surface area contributed by atoms with E-state index in [0.717, 1.165) is 0 Å². The topological polar surface area (TPSA) is 58.6 Å². The van der Waals surface area contributed by atoms with Crippen LogP contribution >= 0.6 is 0 Å². The second-order valence-corrected chi connectivity index (χ2v) is 5.38. The molecule has 1 aromatic rings. The molecule has 0 aliphatic carbocycles. The van der Waals surface area contributed by atoms with Crippen LogP contribution in [0.15, 0.2) is 30.9 Å². The van der Waals surface area contributed by atoms with Crippen LogP contribution in [-0.4, -0.2) is 43.0 Å². The summed E-state index contributed by atoms with van der Waals surface area (Å²) >= 11 is 0. The zero-order chi connectivity index (χ0) is 17.4. The molecule has 0 saturated heterocycles. The molecule has 0 radical (unpaired) electrons. The minimum Gasteiger partial charge on any atom is -0.490 e. The molecule has 0 unspecified atom stereocenters. The van der Waals surface area contributed by atoms with Crippen LogP contribution < -0.4 is 10.1 Å². The first-order valence-electron chi connectivity index (χ1n) is 7.47. The molecule has 1 rings (SSSR count). The molecule has 1 aromatic carbocycles. The van der Waals surface area contributed by atoms with Crippen LogP contribution in [0.3, 0.4) is 0 Å². The Balaban J connectivity index is 2.69. The Bertz CT molecular complexity index is 573. The number of carbonyl (C=O) groups excluding carboxylic acids is 2. The Morgan fingerprint density at radius 1 is 1.43 bits per heavy atom. The van der Waals surface area contributed by atoms with E-state index in [4.69, 9.17) is 4.74 Å². The molecule has 6 heteroatoms. The molecule has 0 saturated carbocycles. The lowest BCUT2D eigenvalue weighted by atomic mass is 10.1. The maximum atomic E-state index is 13.5. The molecule has 0 heterocycles. The number of amides is 2. The molecule has 5 nitrogen and oxygen atoms in total. The summed E-state index contributed by atoms with van der Waals surface area (Å²) in [6.45, 7) is 7.89. The second kappa shape index (κ2) is 8.92. The fourth-order valence-electron chi connectivity index (χ4n) is 1.93. The van der Waals surface area contributed by atoms with E-state index in [2.05, 4.69) is 11.9 Å². The van der Waals surface area contributed by atoms with Crippen molar-refractivity contribution in [3.8, 4) is 5.75 Å². The number of halogens is 1. The lowest BCUT2D eigenvalue weighted by Crippen LogP contribution is -2.31. The smallest absolute Gasteiger partial charge is 0.257 e. The lowest BCUT2D eigenvalue weighted by Gasteiger charge is -2.20. The monoisotopic (exact) mass is 322 g/mol. The quantitative estimate of drug-likeness (QED) is 0.590. The average molecular weight is 322 g/mol. The number of nitrogens with one attached hydrogen (secondary N) is 1. The van der Waals surface area contributed by atoms with Crippen molar-refractivity contribution in [2.24, 2.45) is 0 Å². The van der Waals surface area contributed by atoms with E-state index < -0.39 is 5.82 Å². The number of ether oxygens (including phenoxy) is 1. The summed E-state index contributed by atoms with van der Waals surface area (Å²) in [6.07, 6.45) is 1.65. The molecule has 2 amide bonds. The Hall–Kier alpha value is -2.37. The van der Waals surface area contributed by atoms with Gasteiger partial charge in [-0.05, 0) is 44.5 Å². The first-order valence-corrected chi connectivity index (χ1v) is 7.47. The normalized spacial score (nSPS) is 10.3. The van der Waals surface area contributed by atoms with Crippen molar-refractivity contribution in [2.75, 3.05) is 20.1 Å². The van der Waals surface area contributed by atoms with Crippen molar-refractivity contribution in [2.45, 2.75) is 26.4 Å². The highest BCUT2D eigenvalue weighted by atomic mass is 19.1. The number of carbonyl (C=O) groups is 2. The van der Waals surface area contributed by atoms with Gasteiger partial charge >= 0.3 is 0 Å². The molecule has 1 N–H and O–H groups in total. The molecular formula is C17H23FN2O3. The van der Waals surface area contributed by atoms with Crippen molar-refractivity contribution in [1.29, 1.82) is 0 Å². The third kappa shape index (κ3) is 6.10. The minimum atomic E-state index is -0.490. The van der Waals surface area contributed by atoms with Crippen LogP contribution in [0.1, 0.15) is 30.6 Å². The SMILES string of the molecule is C=CC(=O)NCCCN(C)C(=O)c1cc(F)ccc1OC(C)C. The van der Waals surface area contributed by atoms with Crippen LogP contribution in [0, 0.1) is 5.82 Å².